The zero-order chi connectivity index (χ0) is 16.1. The number of aromatic nitrogens is 5. The van der Waals surface area contributed by atoms with Crippen LogP contribution in [0.15, 0.2) is 54.6 Å². The van der Waals surface area contributed by atoms with Crippen LogP contribution < -0.4 is 0 Å². The van der Waals surface area contributed by atoms with Gasteiger partial charge in [-0.2, -0.15) is 9.61 Å². The maximum Gasteiger partial charge on any atom is 0.235 e. The van der Waals surface area contributed by atoms with Gasteiger partial charge in [0.25, 0.3) is 0 Å². The molecule has 0 bridgehead atoms. The minimum Gasteiger partial charge on any atom is -0.352 e. The molecule has 0 aliphatic carbocycles. The molecule has 5 aromatic rings. The lowest BCUT2D eigenvalue weighted by Crippen LogP contribution is -1.91. The molecule has 5 nitrogen and oxygen atoms in total. The highest BCUT2D eigenvalue weighted by Gasteiger charge is 2.17. The Morgan fingerprint density at radius 1 is 1.00 bits per heavy atom. The Labute approximate surface area is 139 Å². The summed E-state index contributed by atoms with van der Waals surface area (Å²) in [7, 11) is 0. The third-order valence-electron chi connectivity index (χ3n) is 3.87. The van der Waals surface area contributed by atoms with Crippen molar-refractivity contribution in [1.29, 1.82) is 0 Å². The molecular formula is C17H10FN5S. The van der Waals surface area contributed by atoms with Gasteiger partial charge in [0.15, 0.2) is 5.01 Å². The van der Waals surface area contributed by atoms with E-state index in [0.717, 1.165) is 16.6 Å². The van der Waals surface area contributed by atoms with E-state index in [1.807, 2.05) is 30.3 Å². The van der Waals surface area contributed by atoms with Crippen LogP contribution in [0.5, 0.6) is 0 Å². The van der Waals surface area contributed by atoms with Crippen molar-refractivity contribution >= 4 is 27.2 Å². The average molecular weight is 335 g/mol. The first-order valence-electron chi connectivity index (χ1n) is 7.35. The molecule has 2 aromatic carbocycles. The van der Waals surface area contributed by atoms with Crippen molar-refractivity contribution in [3.05, 3.63) is 60.4 Å². The topological polar surface area (TPSA) is 58.9 Å². The number of benzene rings is 2. The SMILES string of the molecule is Fc1ccccc1-c1nn2c(-c3cc4ccccc4[nH]3)nnc2s1. The van der Waals surface area contributed by atoms with Crippen LogP contribution in [0, 0.1) is 5.82 Å². The number of H-pyrrole nitrogens is 1. The molecule has 0 unspecified atom stereocenters. The van der Waals surface area contributed by atoms with Crippen molar-refractivity contribution in [2.75, 3.05) is 0 Å². The Morgan fingerprint density at radius 3 is 2.71 bits per heavy atom. The Morgan fingerprint density at radius 2 is 1.83 bits per heavy atom. The van der Waals surface area contributed by atoms with Crippen molar-refractivity contribution in [1.82, 2.24) is 24.8 Å². The highest BCUT2D eigenvalue weighted by molar-refractivity contribution is 7.19. The third-order valence-corrected chi connectivity index (χ3v) is 4.80. The fourth-order valence-electron chi connectivity index (χ4n) is 2.72. The molecule has 0 saturated carbocycles. The lowest BCUT2D eigenvalue weighted by atomic mass is 10.2. The Hall–Kier alpha value is -3.06. The second kappa shape index (κ2) is 4.97. The Bertz CT molecular complexity index is 1150. The predicted octanol–water partition coefficient (Wildman–Crippen LogP) is 4.14. The zero-order valence-corrected chi connectivity index (χ0v) is 13.1. The van der Waals surface area contributed by atoms with E-state index in [0.29, 0.717) is 21.4 Å². The molecule has 116 valence electrons. The highest BCUT2D eigenvalue weighted by Crippen LogP contribution is 2.30. The summed E-state index contributed by atoms with van der Waals surface area (Å²) in [6.45, 7) is 0. The number of hydrogen-bond acceptors (Lipinski definition) is 4. The molecule has 3 heterocycles. The van der Waals surface area contributed by atoms with E-state index in [1.54, 1.807) is 22.7 Å². The minimum absolute atomic E-state index is 0.297. The molecular weight excluding hydrogens is 325 g/mol. The highest BCUT2D eigenvalue weighted by atomic mass is 32.1. The van der Waals surface area contributed by atoms with Gasteiger partial charge in [-0.3, -0.25) is 0 Å². The summed E-state index contributed by atoms with van der Waals surface area (Å²) in [4.78, 5) is 3.94. The molecule has 0 fully saturated rings. The van der Waals surface area contributed by atoms with Crippen molar-refractivity contribution in [2.24, 2.45) is 0 Å². The molecule has 1 N–H and O–H groups in total. The van der Waals surface area contributed by atoms with Crippen LogP contribution in [0.2, 0.25) is 0 Å². The molecule has 0 saturated heterocycles. The third kappa shape index (κ3) is 1.95. The van der Waals surface area contributed by atoms with Crippen molar-refractivity contribution < 1.29 is 4.39 Å². The monoisotopic (exact) mass is 335 g/mol. The molecule has 0 atom stereocenters. The molecule has 0 aliphatic rings. The first kappa shape index (κ1) is 13.4. The maximum atomic E-state index is 14.0. The van der Waals surface area contributed by atoms with Gasteiger partial charge in [-0.05, 0) is 24.3 Å². The quantitative estimate of drug-likeness (QED) is 0.527. The van der Waals surface area contributed by atoms with E-state index in [9.17, 15) is 4.39 Å². The second-order valence-electron chi connectivity index (χ2n) is 5.38. The molecule has 0 radical (unpaired) electrons. The summed E-state index contributed by atoms with van der Waals surface area (Å²) in [6, 6.07) is 16.6. The van der Waals surface area contributed by atoms with Crippen LogP contribution >= 0.6 is 11.3 Å². The molecule has 0 amide bonds. The second-order valence-corrected chi connectivity index (χ2v) is 6.33. The number of para-hydroxylation sites is 1. The first-order chi connectivity index (χ1) is 11.8. The van der Waals surface area contributed by atoms with Crippen LogP contribution in [-0.2, 0) is 0 Å². The number of rotatable bonds is 2. The number of nitrogens with one attached hydrogen (secondary N) is 1. The van der Waals surface area contributed by atoms with Crippen LogP contribution in [0.3, 0.4) is 0 Å². The number of aromatic amines is 1. The number of nitrogens with zero attached hydrogens (tertiary/aromatic N) is 4. The molecule has 24 heavy (non-hydrogen) atoms. The first-order valence-corrected chi connectivity index (χ1v) is 8.16. The number of halogens is 1. The standard InChI is InChI=1S/C17H10FN5S/c18-12-7-3-2-6-11(12)16-22-23-15(20-21-17(23)24-16)14-9-10-5-1-4-8-13(10)19-14/h1-9,19H. The fourth-order valence-corrected chi connectivity index (χ4v) is 3.59. The van der Waals surface area contributed by atoms with Gasteiger partial charge in [-0.15, -0.1) is 10.2 Å². The van der Waals surface area contributed by atoms with E-state index in [1.165, 1.54) is 17.4 Å². The fraction of sp³-hybridized carbons (Fsp3) is 0. The Kier molecular flexibility index (Phi) is 2.77. The van der Waals surface area contributed by atoms with Crippen molar-refractivity contribution in [3.63, 3.8) is 0 Å². The molecule has 3 aromatic heterocycles. The summed E-state index contributed by atoms with van der Waals surface area (Å²) in [6.07, 6.45) is 0. The van der Waals surface area contributed by atoms with Crippen molar-refractivity contribution in [2.45, 2.75) is 0 Å². The number of fused-ring (bicyclic) bond motifs is 2. The Balaban J connectivity index is 1.69. The minimum atomic E-state index is -0.297. The molecule has 0 spiro atoms. The van der Waals surface area contributed by atoms with Crippen molar-refractivity contribution in [3.8, 4) is 22.1 Å². The molecule has 0 aliphatic heterocycles. The molecule has 7 heteroatoms. The van der Waals surface area contributed by atoms with Crippen LogP contribution in [-0.4, -0.2) is 24.8 Å². The summed E-state index contributed by atoms with van der Waals surface area (Å²) in [5.41, 5.74) is 2.32. The van der Waals surface area contributed by atoms with Crippen LogP contribution in [0.25, 0.3) is 38.0 Å². The summed E-state index contributed by atoms with van der Waals surface area (Å²) in [5, 5.41) is 14.6. The summed E-state index contributed by atoms with van der Waals surface area (Å²) < 4.78 is 15.6. The smallest absolute Gasteiger partial charge is 0.235 e. The van der Waals surface area contributed by atoms with Gasteiger partial charge in [0.1, 0.15) is 5.82 Å². The molecule has 5 rings (SSSR count). The average Bonchev–Trinajstić information content (AvgIpc) is 3.28. The lowest BCUT2D eigenvalue weighted by Gasteiger charge is -1.96. The van der Waals surface area contributed by atoms with Gasteiger partial charge in [0.05, 0.1) is 5.69 Å². The van der Waals surface area contributed by atoms with Gasteiger partial charge in [0, 0.05) is 16.5 Å². The number of hydrogen-bond donors (Lipinski definition) is 1. The predicted molar refractivity (Wildman–Crippen MR) is 91.3 cm³/mol. The van der Waals surface area contributed by atoms with Gasteiger partial charge in [-0.25, -0.2) is 4.39 Å². The van der Waals surface area contributed by atoms with Crippen LogP contribution in [0.4, 0.5) is 4.39 Å². The van der Waals surface area contributed by atoms with Gasteiger partial charge < -0.3 is 4.98 Å². The largest absolute Gasteiger partial charge is 0.352 e. The van der Waals surface area contributed by atoms with E-state index in [2.05, 4.69) is 20.3 Å². The van der Waals surface area contributed by atoms with E-state index < -0.39 is 0 Å². The zero-order valence-electron chi connectivity index (χ0n) is 12.3. The summed E-state index contributed by atoms with van der Waals surface area (Å²) >= 11 is 1.31. The van der Waals surface area contributed by atoms with E-state index in [4.69, 9.17) is 0 Å². The van der Waals surface area contributed by atoms with Gasteiger partial charge in [-0.1, -0.05) is 41.7 Å². The van der Waals surface area contributed by atoms with Gasteiger partial charge in [0.2, 0.25) is 10.8 Å². The normalized spacial score (nSPS) is 11.5. The van der Waals surface area contributed by atoms with Crippen LogP contribution in [0.1, 0.15) is 0 Å². The maximum absolute atomic E-state index is 14.0. The van der Waals surface area contributed by atoms with Gasteiger partial charge >= 0.3 is 0 Å². The summed E-state index contributed by atoms with van der Waals surface area (Å²) in [5.74, 6) is 0.315. The van der Waals surface area contributed by atoms with E-state index in [-0.39, 0.29) is 5.82 Å². The van der Waals surface area contributed by atoms with E-state index >= 15 is 0 Å². The lowest BCUT2D eigenvalue weighted by molar-refractivity contribution is 0.631.